The summed E-state index contributed by atoms with van der Waals surface area (Å²) in [5.74, 6) is -0.617. The highest BCUT2D eigenvalue weighted by atomic mass is 32.2. The first-order valence-corrected chi connectivity index (χ1v) is 8.21. The lowest BCUT2D eigenvalue weighted by atomic mass is 10.3. The van der Waals surface area contributed by atoms with E-state index in [1.165, 1.54) is 22.6 Å². The van der Waals surface area contributed by atoms with Gasteiger partial charge in [-0.2, -0.15) is 4.39 Å². The van der Waals surface area contributed by atoms with Crippen molar-refractivity contribution >= 4 is 15.7 Å². The zero-order chi connectivity index (χ0) is 14.9. The summed E-state index contributed by atoms with van der Waals surface area (Å²) in [6.07, 6.45) is 3.25. The number of sulfonamides is 1. The maximum atomic E-state index is 13.8. The molecule has 1 aromatic heterocycles. The fourth-order valence-electron chi connectivity index (χ4n) is 2.15. The summed E-state index contributed by atoms with van der Waals surface area (Å²) in [7, 11) is -3.94. The Bertz CT molecular complexity index is 730. The maximum absolute atomic E-state index is 13.8. The number of aromatic nitrogens is 1. The Balaban J connectivity index is 2.05. The molecule has 21 heavy (non-hydrogen) atoms. The van der Waals surface area contributed by atoms with Gasteiger partial charge in [0.1, 0.15) is 4.90 Å². The zero-order valence-electron chi connectivity index (χ0n) is 11.3. The molecular weight excluding hydrogens is 291 g/mol. The van der Waals surface area contributed by atoms with Crippen molar-refractivity contribution in [2.75, 3.05) is 10.8 Å². The van der Waals surface area contributed by atoms with Crippen LogP contribution in [0.4, 0.5) is 10.1 Å². The van der Waals surface area contributed by atoms with Crippen LogP contribution in [0.2, 0.25) is 0 Å². The van der Waals surface area contributed by atoms with Crippen molar-refractivity contribution in [2.24, 2.45) is 5.92 Å². The lowest BCUT2D eigenvalue weighted by Crippen LogP contribution is -2.33. The number of pyridine rings is 1. The summed E-state index contributed by atoms with van der Waals surface area (Å²) in [6, 6.07) is 11.5. The van der Waals surface area contributed by atoms with Crippen LogP contribution in [0.25, 0.3) is 0 Å². The van der Waals surface area contributed by atoms with Gasteiger partial charge in [-0.05, 0) is 43.0 Å². The SMILES string of the molecule is O=S(=O)(c1cccnc1F)N(CC1CC1)c1ccccc1. The normalized spacial score (nSPS) is 14.9. The van der Waals surface area contributed by atoms with Gasteiger partial charge in [0.05, 0.1) is 5.69 Å². The molecule has 3 rings (SSSR count). The predicted octanol–water partition coefficient (Wildman–Crippen LogP) is 2.83. The van der Waals surface area contributed by atoms with E-state index in [-0.39, 0.29) is 4.90 Å². The van der Waals surface area contributed by atoms with Gasteiger partial charge in [-0.25, -0.2) is 13.4 Å². The van der Waals surface area contributed by atoms with Crippen LogP contribution in [0.15, 0.2) is 53.6 Å². The molecule has 110 valence electrons. The van der Waals surface area contributed by atoms with Crippen molar-refractivity contribution in [1.29, 1.82) is 0 Å². The average molecular weight is 306 g/mol. The van der Waals surface area contributed by atoms with E-state index in [9.17, 15) is 12.8 Å². The van der Waals surface area contributed by atoms with Crippen molar-refractivity contribution in [3.05, 3.63) is 54.6 Å². The molecule has 1 fully saturated rings. The lowest BCUT2D eigenvalue weighted by molar-refractivity contribution is 0.536. The summed E-state index contributed by atoms with van der Waals surface area (Å²) in [4.78, 5) is 3.06. The summed E-state index contributed by atoms with van der Waals surface area (Å²) in [5.41, 5.74) is 0.549. The molecule has 1 saturated carbocycles. The lowest BCUT2D eigenvalue weighted by Gasteiger charge is -2.24. The summed E-state index contributed by atoms with van der Waals surface area (Å²) in [5, 5.41) is 0. The van der Waals surface area contributed by atoms with E-state index < -0.39 is 16.0 Å². The summed E-state index contributed by atoms with van der Waals surface area (Å²) in [6.45, 7) is 0.376. The molecule has 0 radical (unpaired) electrons. The number of benzene rings is 1. The van der Waals surface area contributed by atoms with Gasteiger partial charge in [0.25, 0.3) is 10.0 Å². The number of halogens is 1. The molecule has 6 heteroatoms. The molecular formula is C15H15FN2O2S. The van der Waals surface area contributed by atoms with Gasteiger partial charge in [-0.3, -0.25) is 4.31 Å². The smallest absolute Gasteiger partial charge is 0.266 e. The molecule has 0 amide bonds. The number of nitrogens with zero attached hydrogens (tertiary/aromatic N) is 2. The van der Waals surface area contributed by atoms with Crippen LogP contribution < -0.4 is 4.31 Å². The molecule has 2 aromatic rings. The largest absolute Gasteiger partial charge is 0.268 e. The molecule has 4 nitrogen and oxygen atoms in total. The first-order valence-electron chi connectivity index (χ1n) is 6.77. The number of hydrogen-bond donors (Lipinski definition) is 0. The minimum atomic E-state index is -3.94. The van der Waals surface area contributed by atoms with E-state index in [1.54, 1.807) is 24.3 Å². The predicted molar refractivity (Wildman–Crippen MR) is 77.9 cm³/mol. The number of rotatable bonds is 5. The van der Waals surface area contributed by atoms with Crippen LogP contribution in [0.3, 0.4) is 0 Å². The van der Waals surface area contributed by atoms with Gasteiger partial charge in [0, 0.05) is 12.7 Å². The Morgan fingerprint density at radius 2 is 1.86 bits per heavy atom. The fourth-order valence-corrected chi connectivity index (χ4v) is 3.71. The molecule has 0 bridgehead atoms. The second-order valence-corrected chi connectivity index (χ2v) is 6.94. The van der Waals surface area contributed by atoms with E-state index in [1.807, 2.05) is 6.07 Å². The van der Waals surface area contributed by atoms with E-state index in [0.717, 1.165) is 12.8 Å². The minimum Gasteiger partial charge on any atom is -0.266 e. The van der Waals surface area contributed by atoms with Gasteiger partial charge < -0.3 is 0 Å². The molecule has 0 saturated heterocycles. The van der Waals surface area contributed by atoms with Crippen LogP contribution in [0.1, 0.15) is 12.8 Å². The topological polar surface area (TPSA) is 50.3 Å². The maximum Gasteiger partial charge on any atom is 0.268 e. The van der Waals surface area contributed by atoms with Crippen molar-refractivity contribution in [3.8, 4) is 0 Å². The highest BCUT2D eigenvalue weighted by Crippen LogP contribution is 2.34. The van der Waals surface area contributed by atoms with Crippen molar-refractivity contribution in [2.45, 2.75) is 17.7 Å². The van der Waals surface area contributed by atoms with Crippen LogP contribution in [-0.4, -0.2) is 19.9 Å². The third-order valence-electron chi connectivity index (χ3n) is 3.46. The minimum absolute atomic E-state index is 0.347. The fraction of sp³-hybridized carbons (Fsp3) is 0.267. The monoisotopic (exact) mass is 306 g/mol. The van der Waals surface area contributed by atoms with Crippen LogP contribution in [0.5, 0.6) is 0 Å². The van der Waals surface area contributed by atoms with Crippen LogP contribution >= 0.6 is 0 Å². The molecule has 1 heterocycles. The molecule has 0 unspecified atom stereocenters. The second-order valence-electron chi connectivity index (χ2n) is 5.11. The van der Waals surface area contributed by atoms with Crippen LogP contribution in [-0.2, 0) is 10.0 Å². The van der Waals surface area contributed by atoms with E-state index in [4.69, 9.17) is 0 Å². The van der Waals surface area contributed by atoms with Gasteiger partial charge in [0.2, 0.25) is 5.95 Å². The molecule has 0 atom stereocenters. The zero-order valence-corrected chi connectivity index (χ0v) is 12.1. The van der Waals surface area contributed by atoms with Gasteiger partial charge in [0.15, 0.2) is 0 Å². The molecule has 1 aliphatic carbocycles. The molecule has 1 aliphatic rings. The van der Waals surface area contributed by atoms with Crippen molar-refractivity contribution in [3.63, 3.8) is 0 Å². The average Bonchev–Trinajstić information content (AvgIpc) is 3.30. The van der Waals surface area contributed by atoms with Crippen molar-refractivity contribution in [1.82, 2.24) is 4.98 Å². The summed E-state index contributed by atoms with van der Waals surface area (Å²) < 4.78 is 40.6. The highest BCUT2D eigenvalue weighted by molar-refractivity contribution is 7.92. The standard InChI is InChI=1S/C15H15FN2O2S/c16-15-14(7-4-10-17-15)21(19,20)18(11-12-8-9-12)13-5-2-1-3-6-13/h1-7,10,12H,8-9,11H2. The number of hydrogen-bond acceptors (Lipinski definition) is 3. The number of para-hydroxylation sites is 1. The highest BCUT2D eigenvalue weighted by Gasteiger charge is 2.33. The summed E-state index contributed by atoms with van der Waals surface area (Å²) >= 11 is 0. The van der Waals surface area contributed by atoms with E-state index in [2.05, 4.69) is 4.98 Å². The quantitative estimate of drug-likeness (QED) is 0.798. The van der Waals surface area contributed by atoms with Crippen molar-refractivity contribution < 1.29 is 12.8 Å². The van der Waals surface area contributed by atoms with E-state index in [0.29, 0.717) is 18.2 Å². The Hall–Kier alpha value is -1.95. The van der Waals surface area contributed by atoms with Gasteiger partial charge >= 0.3 is 0 Å². The Morgan fingerprint density at radius 3 is 2.48 bits per heavy atom. The van der Waals surface area contributed by atoms with Gasteiger partial charge in [-0.15, -0.1) is 0 Å². The molecule has 1 aromatic carbocycles. The second kappa shape index (κ2) is 5.44. The number of anilines is 1. The molecule has 0 aliphatic heterocycles. The first kappa shape index (κ1) is 14.0. The third-order valence-corrected chi connectivity index (χ3v) is 5.26. The first-order chi connectivity index (χ1) is 10.1. The Kier molecular flexibility index (Phi) is 3.63. The Labute approximate surface area is 123 Å². The van der Waals surface area contributed by atoms with Crippen LogP contribution in [0, 0.1) is 11.9 Å². The third kappa shape index (κ3) is 2.90. The van der Waals surface area contributed by atoms with E-state index >= 15 is 0 Å². The Morgan fingerprint density at radius 1 is 1.14 bits per heavy atom. The molecule has 0 N–H and O–H groups in total. The van der Waals surface area contributed by atoms with Gasteiger partial charge in [-0.1, -0.05) is 18.2 Å². The molecule has 0 spiro atoms.